The molecule has 36 heavy (non-hydrogen) atoms. The number of fused-ring (bicyclic) bond motifs is 5. The van der Waals surface area contributed by atoms with Crippen molar-refractivity contribution in [3.63, 3.8) is 0 Å². The third kappa shape index (κ3) is 3.80. The molecule has 4 aliphatic carbocycles. The van der Waals surface area contributed by atoms with Gasteiger partial charge in [0.05, 0.1) is 6.10 Å². The van der Waals surface area contributed by atoms with Crippen molar-refractivity contribution in [1.29, 1.82) is 0 Å². The molecule has 7 nitrogen and oxygen atoms in total. The number of allylic oxidation sites excluding steroid dienone is 4. The predicted molar refractivity (Wildman–Crippen MR) is 133 cm³/mol. The molecule has 198 valence electrons. The van der Waals surface area contributed by atoms with Crippen LogP contribution in [0.2, 0.25) is 0 Å². The van der Waals surface area contributed by atoms with Gasteiger partial charge in [-0.3, -0.25) is 19.2 Å². The molecule has 1 N–H and O–H groups in total. The Morgan fingerprint density at radius 3 is 2.47 bits per heavy atom. The van der Waals surface area contributed by atoms with Crippen LogP contribution in [0, 0.1) is 34.5 Å². The number of halogens is 1. The molecule has 0 aromatic rings. The van der Waals surface area contributed by atoms with E-state index in [1.807, 2.05) is 26.8 Å². The van der Waals surface area contributed by atoms with Gasteiger partial charge in [0.2, 0.25) is 5.78 Å². The van der Waals surface area contributed by atoms with Crippen molar-refractivity contribution in [3.05, 3.63) is 23.8 Å². The summed E-state index contributed by atoms with van der Waals surface area (Å²) in [5, 5.41) is 11.4. The molecule has 8 heteroatoms. The number of ether oxygens (including phenoxy) is 2. The molecule has 0 saturated heterocycles. The Labute approximate surface area is 217 Å². The zero-order valence-corrected chi connectivity index (χ0v) is 22.5. The van der Waals surface area contributed by atoms with E-state index in [9.17, 15) is 24.3 Å². The molecule has 9 atom stereocenters. The van der Waals surface area contributed by atoms with E-state index in [0.717, 1.165) is 5.57 Å². The fourth-order valence-electron chi connectivity index (χ4n) is 8.04. The molecular formula is C28H37ClO7. The predicted octanol–water partition coefficient (Wildman–Crippen LogP) is 3.94. The average Bonchev–Trinajstić information content (AvgIpc) is 3.04. The summed E-state index contributed by atoms with van der Waals surface area (Å²) in [5.41, 5.74) is -2.06. The quantitative estimate of drug-likeness (QED) is 0.417. The Kier molecular flexibility index (Phi) is 7.06. The second-order valence-corrected chi connectivity index (χ2v) is 12.0. The number of hydrogen-bond acceptors (Lipinski definition) is 7. The lowest BCUT2D eigenvalue weighted by Crippen LogP contribution is -2.65. The van der Waals surface area contributed by atoms with E-state index >= 15 is 0 Å². The van der Waals surface area contributed by atoms with Crippen molar-refractivity contribution in [2.24, 2.45) is 34.5 Å². The number of hydrogen-bond donors (Lipinski definition) is 1. The van der Waals surface area contributed by atoms with E-state index in [1.54, 1.807) is 26.0 Å². The average molecular weight is 521 g/mol. The van der Waals surface area contributed by atoms with Crippen LogP contribution in [0.1, 0.15) is 66.7 Å². The van der Waals surface area contributed by atoms with Crippen LogP contribution >= 0.6 is 11.6 Å². The lowest BCUT2D eigenvalue weighted by Gasteiger charge is -2.61. The highest BCUT2D eigenvalue weighted by molar-refractivity contribution is 6.21. The molecule has 0 unspecified atom stereocenters. The van der Waals surface area contributed by atoms with Crippen LogP contribution < -0.4 is 0 Å². The minimum absolute atomic E-state index is 0.0767. The smallest absolute Gasteiger partial charge is 0.306 e. The molecule has 0 spiro atoms. The van der Waals surface area contributed by atoms with Gasteiger partial charge < -0.3 is 14.6 Å². The Morgan fingerprint density at radius 2 is 1.83 bits per heavy atom. The summed E-state index contributed by atoms with van der Waals surface area (Å²) in [5.74, 6) is -2.44. The third-order valence-corrected chi connectivity index (χ3v) is 10.1. The van der Waals surface area contributed by atoms with Crippen LogP contribution in [0.25, 0.3) is 0 Å². The summed E-state index contributed by atoms with van der Waals surface area (Å²) in [6.45, 7) is 8.69. The van der Waals surface area contributed by atoms with Gasteiger partial charge >= 0.3 is 11.9 Å². The highest BCUT2D eigenvalue weighted by Gasteiger charge is 2.73. The second kappa shape index (κ2) is 9.39. The summed E-state index contributed by atoms with van der Waals surface area (Å²) in [6.07, 6.45) is 5.79. The van der Waals surface area contributed by atoms with Crippen LogP contribution in [0.4, 0.5) is 0 Å². The molecule has 4 rings (SSSR count). The molecule has 0 aromatic heterocycles. The van der Waals surface area contributed by atoms with Gasteiger partial charge in [-0.2, -0.15) is 0 Å². The van der Waals surface area contributed by atoms with Gasteiger partial charge in [-0.1, -0.05) is 46.3 Å². The van der Waals surface area contributed by atoms with Crippen molar-refractivity contribution in [3.8, 4) is 0 Å². The number of alkyl halides is 1. The molecule has 0 bridgehead atoms. The maximum Gasteiger partial charge on any atom is 0.306 e. The number of esters is 2. The fourth-order valence-corrected chi connectivity index (χ4v) is 8.54. The first-order valence-corrected chi connectivity index (χ1v) is 13.5. The van der Waals surface area contributed by atoms with Crippen LogP contribution in [0.5, 0.6) is 0 Å². The second-order valence-electron chi connectivity index (χ2n) is 11.4. The van der Waals surface area contributed by atoms with Crippen molar-refractivity contribution >= 4 is 35.1 Å². The van der Waals surface area contributed by atoms with Crippen LogP contribution in [-0.2, 0) is 28.7 Å². The summed E-state index contributed by atoms with van der Waals surface area (Å²) < 4.78 is 11.3. The number of aliphatic hydroxyl groups excluding tert-OH is 1. The van der Waals surface area contributed by atoms with E-state index in [-0.39, 0.29) is 54.1 Å². The van der Waals surface area contributed by atoms with Gasteiger partial charge in [0, 0.05) is 40.9 Å². The fraction of sp³-hybridized carbons (Fsp3) is 0.714. The zero-order valence-electron chi connectivity index (χ0n) is 21.7. The SMILES string of the molecule is CCC(=O)OCC(=O)[C@@]1(OC(=O)CC)[C@H](C)C[C@@H]2[C@@H]3[C@@H]([C@@H](O)C[C@@]21C)[C@@]1(C)C=CC(=O)C=C1C[C@H]3Cl. The Bertz CT molecular complexity index is 1030. The molecule has 0 aliphatic heterocycles. The van der Waals surface area contributed by atoms with Crippen molar-refractivity contribution < 1.29 is 33.8 Å². The van der Waals surface area contributed by atoms with Crippen LogP contribution in [-0.4, -0.2) is 52.3 Å². The molecule has 0 aromatic carbocycles. The van der Waals surface area contributed by atoms with E-state index in [0.29, 0.717) is 12.8 Å². The standard InChI is InChI=1S/C28H37ClO7/c1-6-22(33)35-14-21(32)28(36-23(34)7-2)15(3)10-18-24-19(29)12-16-11-17(30)8-9-26(16,4)25(24)20(31)13-27(18,28)5/h8-9,11,15,18-20,24-25,31H,6-7,10,12-14H2,1-5H3/t15-,18-,19-,20+,24+,25-,26+,27+,28+/m1/s1. The van der Waals surface area contributed by atoms with E-state index in [1.165, 1.54) is 0 Å². The molecule has 0 radical (unpaired) electrons. The first kappa shape index (κ1) is 27.1. The number of rotatable bonds is 6. The maximum atomic E-state index is 13.9. The van der Waals surface area contributed by atoms with Gasteiger partial charge in [0.25, 0.3) is 0 Å². The lowest BCUT2D eigenvalue weighted by molar-refractivity contribution is -0.205. The Balaban J connectivity index is 1.79. The minimum atomic E-state index is -1.54. The number of carbonyl (C=O) groups is 4. The molecule has 3 saturated carbocycles. The van der Waals surface area contributed by atoms with Gasteiger partial charge in [-0.05, 0) is 43.3 Å². The number of carbonyl (C=O) groups excluding carboxylic acids is 4. The zero-order chi connectivity index (χ0) is 26.6. The first-order chi connectivity index (χ1) is 16.9. The minimum Gasteiger partial charge on any atom is -0.457 e. The number of ketones is 2. The number of aliphatic hydroxyl groups is 1. The monoisotopic (exact) mass is 520 g/mol. The highest BCUT2D eigenvalue weighted by Crippen LogP contribution is 2.69. The molecule has 3 fully saturated rings. The van der Waals surface area contributed by atoms with Crippen LogP contribution in [0.3, 0.4) is 0 Å². The van der Waals surface area contributed by atoms with Gasteiger partial charge in [0.1, 0.15) is 0 Å². The Hall–Kier alpha value is -1.99. The van der Waals surface area contributed by atoms with Crippen molar-refractivity contribution in [2.45, 2.75) is 83.8 Å². The summed E-state index contributed by atoms with van der Waals surface area (Å²) in [7, 11) is 0. The molecular weight excluding hydrogens is 484 g/mol. The largest absolute Gasteiger partial charge is 0.457 e. The van der Waals surface area contributed by atoms with Gasteiger partial charge in [0.15, 0.2) is 18.0 Å². The van der Waals surface area contributed by atoms with E-state index in [2.05, 4.69) is 0 Å². The van der Waals surface area contributed by atoms with Gasteiger partial charge in [-0.15, -0.1) is 11.6 Å². The Morgan fingerprint density at radius 1 is 1.17 bits per heavy atom. The molecule has 0 heterocycles. The topological polar surface area (TPSA) is 107 Å². The summed E-state index contributed by atoms with van der Waals surface area (Å²) >= 11 is 7.04. The van der Waals surface area contributed by atoms with Crippen molar-refractivity contribution in [2.75, 3.05) is 6.61 Å². The van der Waals surface area contributed by atoms with Crippen molar-refractivity contribution in [1.82, 2.24) is 0 Å². The first-order valence-electron chi connectivity index (χ1n) is 13.0. The number of Topliss-reactive ketones (excluding diaryl/α,β-unsaturated/α-hetero) is 1. The summed E-state index contributed by atoms with van der Waals surface area (Å²) in [4.78, 5) is 50.5. The summed E-state index contributed by atoms with van der Waals surface area (Å²) in [6, 6.07) is 0. The molecule has 0 amide bonds. The molecule has 4 aliphatic rings. The highest BCUT2D eigenvalue weighted by atomic mass is 35.5. The third-order valence-electron chi connectivity index (χ3n) is 9.65. The van der Waals surface area contributed by atoms with E-state index < -0.39 is 46.9 Å². The normalized spacial score (nSPS) is 43.1. The lowest BCUT2D eigenvalue weighted by atomic mass is 9.46. The van der Waals surface area contributed by atoms with Crippen LogP contribution in [0.15, 0.2) is 23.8 Å². The van der Waals surface area contributed by atoms with E-state index in [4.69, 9.17) is 21.1 Å². The van der Waals surface area contributed by atoms with Gasteiger partial charge in [-0.25, -0.2) is 0 Å². The maximum absolute atomic E-state index is 13.9.